The Balaban J connectivity index is 2.23. The number of hydrogen-bond acceptors (Lipinski definition) is 4. The van der Waals surface area contributed by atoms with E-state index in [0.717, 1.165) is 25.7 Å². The van der Waals surface area contributed by atoms with Crippen molar-refractivity contribution >= 4 is 6.16 Å². The Kier molecular flexibility index (Phi) is 7.46. The molecule has 1 rings (SSSR count). The number of carbonyl (C=O) groups is 1. The highest BCUT2D eigenvalue weighted by Crippen LogP contribution is 2.41. The maximum atomic E-state index is 10.7. The van der Waals surface area contributed by atoms with Crippen molar-refractivity contribution in [3.63, 3.8) is 0 Å². The van der Waals surface area contributed by atoms with Crippen LogP contribution in [-0.2, 0) is 9.47 Å². The Hall–Kier alpha value is -1.21. The van der Waals surface area contributed by atoms with Gasteiger partial charge < -0.3 is 14.6 Å². The lowest BCUT2D eigenvalue weighted by atomic mass is 9.67. The Morgan fingerprint density at radius 3 is 2.70 bits per heavy atom. The van der Waals surface area contributed by atoms with E-state index in [1.54, 1.807) is 0 Å². The van der Waals surface area contributed by atoms with Gasteiger partial charge in [-0.3, -0.25) is 0 Å². The van der Waals surface area contributed by atoms with E-state index in [-0.39, 0.29) is 12.5 Å². The van der Waals surface area contributed by atoms with Crippen molar-refractivity contribution < 1.29 is 19.4 Å². The summed E-state index contributed by atoms with van der Waals surface area (Å²) in [5, 5.41) is 10.3. The topological polar surface area (TPSA) is 55.8 Å². The number of hydrogen-bond donors (Lipinski definition) is 1. The molecule has 1 saturated carbocycles. The normalized spacial score (nSPS) is 24.2. The molecule has 1 aliphatic carbocycles. The van der Waals surface area contributed by atoms with Crippen LogP contribution in [0, 0.1) is 17.8 Å². The van der Waals surface area contributed by atoms with Gasteiger partial charge >= 0.3 is 6.16 Å². The van der Waals surface area contributed by atoms with E-state index in [2.05, 4.69) is 28.2 Å². The second kappa shape index (κ2) is 8.86. The summed E-state index contributed by atoms with van der Waals surface area (Å²) in [5.41, 5.74) is -0.871. The van der Waals surface area contributed by atoms with Gasteiger partial charge in [-0.25, -0.2) is 4.79 Å². The summed E-state index contributed by atoms with van der Waals surface area (Å²) in [6, 6.07) is 0. The summed E-state index contributed by atoms with van der Waals surface area (Å²) in [4.78, 5) is 10.7. The lowest BCUT2D eigenvalue weighted by Gasteiger charge is -2.41. The number of carbonyl (C=O) groups excluding carboxylic acids is 1. The van der Waals surface area contributed by atoms with Gasteiger partial charge in [0.1, 0.15) is 5.60 Å². The fourth-order valence-electron chi connectivity index (χ4n) is 2.51. The SMILES string of the molecule is CCCCCCC[C@@H]1CC[C@]1(O)C#CCOC(=O)OC. The van der Waals surface area contributed by atoms with Crippen molar-refractivity contribution in [2.75, 3.05) is 13.7 Å². The van der Waals surface area contributed by atoms with E-state index in [0.29, 0.717) is 0 Å². The molecular weight excluding hydrogens is 256 g/mol. The van der Waals surface area contributed by atoms with Crippen LogP contribution in [0.15, 0.2) is 0 Å². The largest absolute Gasteiger partial charge is 0.508 e. The van der Waals surface area contributed by atoms with Crippen LogP contribution < -0.4 is 0 Å². The van der Waals surface area contributed by atoms with Crippen LogP contribution in [0.1, 0.15) is 58.3 Å². The molecule has 0 spiro atoms. The number of aliphatic hydroxyl groups is 1. The van der Waals surface area contributed by atoms with Crippen LogP contribution in [0.5, 0.6) is 0 Å². The molecule has 0 aromatic heterocycles. The second-order valence-corrected chi connectivity index (χ2v) is 5.41. The molecule has 4 heteroatoms. The first-order valence-corrected chi connectivity index (χ1v) is 7.55. The molecule has 4 nitrogen and oxygen atoms in total. The first-order chi connectivity index (χ1) is 9.62. The average Bonchev–Trinajstić information content (AvgIpc) is 2.45. The highest BCUT2D eigenvalue weighted by Gasteiger charge is 2.43. The van der Waals surface area contributed by atoms with Crippen molar-refractivity contribution in [2.24, 2.45) is 5.92 Å². The number of rotatable bonds is 7. The van der Waals surface area contributed by atoms with Gasteiger partial charge in [0.05, 0.1) is 7.11 Å². The maximum Gasteiger partial charge on any atom is 0.508 e. The van der Waals surface area contributed by atoms with E-state index >= 15 is 0 Å². The molecule has 0 aromatic rings. The van der Waals surface area contributed by atoms with Crippen LogP contribution in [0.3, 0.4) is 0 Å². The van der Waals surface area contributed by atoms with Crippen LogP contribution in [-0.4, -0.2) is 30.6 Å². The van der Waals surface area contributed by atoms with Crippen molar-refractivity contribution in [3.05, 3.63) is 0 Å². The predicted molar refractivity (Wildman–Crippen MR) is 77.2 cm³/mol. The Morgan fingerprint density at radius 2 is 2.10 bits per heavy atom. The summed E-state index contributed by atoms with van der Waals surface area (Å²) in [6.07, 6.45) is 8.26. The average molecular weight is 282 g/mol. The zero-order chi connectivity index (χ0) is 14.8. The summed E-state index contributed by atoms with van der Waals surface area (Å²) in [7, 11) is 1.25. The molecule has 0 radical (unpaired) electrons. The third kappa shape index (κ3) is 5.42. The molecule has 0 unspecified atom stereocenters. The molecular formula is C16H26O4. The van der Waals surface area contributed by atoms with E-state index in [1.807, 2.05) is 0 Å². The molecule has 0 saturated heterocycles. The van der Waals surface area contributed by atoms with E-state index < -0.39 is 11.8 Å². The van der Waals surface area contributed by atoms with Gasteiger partial charge in [0.2, 0.25) is 0 Å². The van der Waals surface area contributed by atoms with Crippen LogP contribution in [0.2, 0.25) is 0 Å². The maximum absolute atomic E-state index is 10.7. The molecule has 20 heavy (non-hydrogen) atoms. The smallest absolute Gasteiger partial charge is 0.438 e. The molecule has 0 aliphatic heterocycles. The zero-order valence-electron chi connectivity index (χ0n) is 12.6. The van der Waals surface area contributed by atoms with Crippen molar-refractivity contribution in [2.45, 2.75) is 63.9 Å². The standard InChI is InChI=1S/C16H26O4/c1-3-4-5-6-7-9-14-10-12-16(14,18)11-8-13-20-15(17)19-2/h14,18H,3-7,9-10,12-13H2,1-2H3/t14-,16-/m1/s1. The lowest BCUT2D eigenvalue weighted by Crippen LogP contribution is -2.45. The first-order valence-electron chi connectivity index (χ1n) is 7.55. The van der Waals surface area contributed by atoms with E-state index in [1.165, 1.54) is 32.8 Å². The van der Waals surface area contributed by atoms with Crippen molar-refractivity contribution in [1.82, 2.24) is 0 Å². The fraction of sp³-hybridized carbons (Fsp3) is 0.812. The molecule has 0 aromatic carbocycles. The molecule has 1 fully saturated rings. The van der Waals surface area contributed by atoms with Gasteiger partial charge in [0, 0.05) is 0 Å². The summed E-state index contributed by atoms with van der Waals surface area (Å²) < 4.78 is 9.01. The predicted octanol–water partition coefficient (Wildman–Crippen LogP) is 3.27. The minimum Gasteiger partial charge on any atom is -0.438 e. The van der Waals surface area contributed by atoms with Gasteiger partial charge in [-0.15, -0.1) is 0 Å². The molecule has 1 N–H and O–H groups in total. The summed E-state index contributed by atoms with van der Waals surface area (Å²) in [6.45, 7) is 2.18. The highest BCUT2D eigenvalue weighted by atomic mass is 16.7. The van der Waals surface area contributed by atoms with Gasteiger partial charge in [-0.05, 0) is 25.2 Å². The minimum absolute atomic E-state index is 0.0296. The van der Waals surface area contributed by atoms with Crippen LogP contribution in [0.4, 0.5) is 4.79 Å². The molecule has 114 valence electrons. The van der Waals surface area contributed by atoms with Crippen molar-refractivity contribution in [1.29, 1.82) is 0 Å². The Labute approximate surface area is 121 Å². The first kappa shape index (κ1) is 16.8. The van der Waals surface area contributed by atoms with Gasteiger partial charge in [0.15, 0.2) is 6.61 Å². The van der Waals surface area contributed by atoms with Gasteiger partial charge in [-0.2, -0.15) is 0 Å². The number of ether oxygens (including phenoxy) is 2. The highest BCUT2D eigenvalue weighted by molar-refractivity contribution is 5.59. The van der Waals surface area contributed by atoms with Gasteiger partial charge in [0.25, 0.3) is 0 Å². The molecule has 1 aliphatic rings. The minimum atomic E-state index is -0.871. The molecule has 0 amide bonds. The monoisotopic (exact) mass is 282 g/mol. The Morgan fingerprint density at radius 1 is 1.35 bits per heavy atom. The van der Waals surface area contributed by atoms with E-state index in [9.17, 15) is 9.90 Å². The summed E-state index contributed by atoms with van der Waals surface area (Å²) in [5.74, 6) is 5.83. The van der Waals surface area contributed by atoms with Crippen LogP contribution >= 0.6 is 0 Å². The summed E-state index contributed by atoms with van der Waals surface area (Å²) >= 11 is 0. The van der Waals surface area contributed by atoms with Crippen molar-refractivity contribution in [3.8, 4) is 11.8 Å². The van der Waals surface area contributed by atoms with E-state index in [4.69, 9.17) is 0 Å². The third-order valence-corrected chi connectivity index (χ3v) is 3.94. The lowest BCUT2D eigenvalue weighted by molar-refractivity contribution is -0.0473. The quantitative estimate of drug-likeness (QED) is 0.442. The third-order valence-electron chi connectivity index (χ3n) is 3.94. The van der Waals surface area contributed by atoms with Gasteiger partial charge in [-0.1, -0.05) is 50.9 Å². The second-order valence-electron chi connectivity index (χ2n) is 5.41. The Bertz CT molecular complexity index is 355. The van der Waals surface area contributed by atoms with Crippen LogP contribution in [0.25, 0.3) is 0 Å². The number of methoxy groups -OCH3 is 1. The number of unbranched alkanes of at least 4 members (excludes halogenated alkanes) is 4. The molecule has 2 atom stereocenters. The zero-order valence-corrected chi connectivity index (χ0v) is 12.6. The fourth-order valence-corrected chi connectivity index (χ4v) is 2.51. The molecule has 0 heterocycles. The molecule has 0 bridgehead atoms.